The van der Waals surface area contributed by atoms with Crippen molar-refractivity contribution in [2.75, 3.05) is 22.5 Å². The van der Waals surface area contributed by atoms with Crippen LogP contribution in [0.5, 0.6) is 0 Å². The number of aromatic nitrogens is 3. The van der Waals surface area contributed by atoms with Gasteiger partial charge in [0.15, 0.2) is 23.3 Å². The van der Waals surface area contributed by atoms with Crippen LogP contribution in [0.3, 0.4) is 0 Å². The number of benzene rings is 1. The Morgan fingerprint density at radius 2 is 1.56 bits per heavy atom. The van der Waals surface area contributed by atoms with Gasteiger partial charge in [0.1, 0.15) is 5.69 Å². The van der Waals surface area contributed by atoms with Gasteiger partial charge in [0.2, 0.25) is 23.7 Å². The summed E-state index contributed by atoms with van der Waals surface area (Å²) in [6, 6.07) is 0.115. The summed E-state index contributed by atoms with van der Waals surface area (Å²) in [6.45, 7) is 2.58. The number of nitrogens with two attached hydrogens (primary N) is 1. The number of nitrogen functional groups attached to an aromatic ring is 1. The highest BCUT2D eigenvalue weighted by Gasteiger charge is 2.27. The van der Waals surface area contributed by atoms with Gasteiger partial charge in [-0.1, -0.05) is 0 Å². The molecule has 0 spiro atoms. The van der Waals surface area contributed by atoms with Gasteiger partial charge in [-0.3, -0.25) is 0 Å². The van der Waals surface area contributed by atoms with Crippen molar-refractivity contribution in [3.05, 3.63) is 29.1 Å². The molecule has 1 aromatic heterocycles. The molecule has 3 N–H and O–H groups in total. The number of anilines is 4. The van der Waals surface area contributed by atoms with Crippen LogP contribution in [0.2, 0.25) is 0 Å². The maximum absolute atomic E-state index is 13.8. The highest BCUT2D eigenvalue weighted by atomic mass is 19.2. The molecule has 3 rings (SSSR count). The van der Waals surface area contributed by atoms with Crippen molar-refractivity contribution < 1.29 is 22.0 Å². The van der Waals surface area contributed by atoms with Crippen molar-refractivity contribution in [1.82, 2.24) is 15.0 Å². The summed E-state index contributed by atoms with van der Waals surface area (Å²) in [7, 11) is 0. The van der Waals surface area contributed by atoms with E-state index in [-0.39, 0.29) is 17.9 Å². The van der Waals surface area contributed by atoms with Gasteiger partial charge in [0.25, 0.3) is 0 Å². The van der Waals surface area contributed by atoms with E-state index in [1.165, 1.54) is 0 Å². The quantitative estimate of drug-likeness (QED) is 0.498. The standard InChI is InChI=1S/C14H13F5N6/c1-5-3-2-4-25(5)14-23-12(20)22-13(24-14)21-11-9(18)7(16)6(15)8(17)10(11)19/h5H,2-4H2,1H3,(H3,20,21,22,23,24). The van der Waals surface area contributed by atoms with Crippen LogP contribution < -0.4 is 16.0 Å². The summed E-state index contributed by atoms with van der Waals surface area (Å²) >= 11 is 0. The normalized spacial score (nSPS) is 17.2. The fourth-order valence-electron chi connectivity index (χ4n) is 2.62. The van der Waals surface area contributed by atoms with E-state index < -0.39 is 40.7 Å². The number of hydrogen-bond acceptors (Lipinski definition) is 6. The molecule has 1 saturated heterocycles. The van der Waals surface area contributed by atoms with E-state index in [0.717, 1.165) is 12.8 Å². The highest BCUT2D eigenvalue weighted by Crippen LogP contribution is 2.30. The van der Waals surface area contributed by atoms with Crippen LogP contribution >= 0.6 is 0 Å². The average molecular weight is 360 g/mol. The summed E-state index contributed by atoms with van der Waals surface area (Å²) in [5, 5.41) is 2.00. The van der Waals surface area contributed by atoms with Gasteiger partial charge in [0, 0.05) is 12.6 Å². The lowest BCUT2D eigenvalue weighted by atomic mass is 10.2. The third-order valence-corrected chi connectivity index (χ3v) is 3.90. The Balaban J connectivity index is 2.01. The molecule has 0 saturated carbocycles. The van der Waals surface area contributed by atoms with E-state index in [9.17, 15) is 22.0 Å². The first kappa shape index (κ1) is 17.1. The molecule has 1 unspecified atom stereocenters. The van der Waals surface area contributed by atoms with Crippen molar-refractivity contribution in [3.63, 3.8) is 0 Å². The van der Waals surface area contributed by atoms with Crippen LogP contribution in [0.25, 0.3) is 0 Å². The maximum Gasteiger partial charge on any atom is 0.233 e. The van der Waals surface area contributed by atoms with Crippen LogP contribution in [0, 0.1) is 29.1 Å². The van der Waals surface area contributed by atoms with Crippen molar-refractivity contribution in [1.29, 1.82) is 0 Å². The van der Waals surface area contributed by atoms with Gasteiger partial charge in [-0.05, 0) is 19.8 Å². The molecule has 2 heterocycles. The first-order valence-electron chi connectivity index (χ1n) is 7.36. The SMILES string of the molecule is CC1CCCN1c1nc(N)nc(Nc2c(F)c(F)c(F)c(F)c2F)n1. The Morgan fingerprint density at radius 1 is 0.960 bits per heavy atom. The molecule has 0 aliphatic carbocycles. The van der Waals surface area contributed by atoms with Gasteiger partial charge in [-0.25, -0.2) is 22.0 Å². The molecule has 2 aromatic rings. The van der Waals surface area contributed by atoms with E-state index in [4.69, 9.17) is 5.73 Å². The molecule has 1 aliphatic heterocycles. The second-order valence-electron chi connectivity index (χ2n) is 5.57. The minimum absolute atomic E-state index is 0.115. The number of nitrogens with zero attached hydrogens (tertiary/aromatic N) is 4. The highest BCUT2D eigenvalue weighted by molar-refractivity contribution is 5.58. The molecule has 1 fully saturated rings. The fourth-order valence-corrected chi connectivity index (χ4v) is 2.62. The minimum Gasteiger partial charge on any atom is -0.368 e. The van der Waals surface area contributed by atoms with E-state index in [1.54, 1.807) is 0 Å². The molecular formula is C14H13F5N6. The minimum atomic E-state index is -2.25. The zero-order valence-corrected chi connectivity index (χ0v) is 13.0. The van der Waals surface area contributed by atoms with Crippen molar-refractivity contribution in [2.24, 2.45) is 0 Å². The second-order valence-corrected chi connectivity index (χ2v) is 5.57. The Bertz CT molecular complexity index is 801. The molecule has 6 nitrogen and oxygen atoms in total. The Hall–Kier alpha value is -2.72. The molecule has 134 valence electrons. The third kappa shape index (κ3) is 3.01. The first-order valence-corrected chi connectivity index (χ1v) is 7.36. The van der Waals surface area contributed by atoms with Crippen LogP contribution in [-0.4, -0.2) is 27.5 Å². The van der Waals surface area contributed by atoms with Crippen molar-refractivity contribution in [3.8, 4) is 0 Å². The molecule has 1 atom stereocenters. The topological polar surface area (TPSA) is 80.0 Å². The average Bonchev–Trinajstić information content (AvgIpc) is 3.01. The summed E-state index contributed by atoms with van der Waals surface area (Å²) < 4.78 is 67.1. The van der Waals surface area contributed by atoms with Crippen LogP contribution in [0.15, 0.2) is 0 Å². The zero-order valence-electron chi connectivity index (χ0n) is 13.0. The largest absolute Gasteiger partial charge is 0.368 e. The summed E-state index contributed by atoms with van der Waals surface area (Å²) in [5.74, 6) is -11.0. The van der Waals surface area contributed by atoms with E-state index in [0.29, 0.717) is 6.54 Å². The van der Waals surface area contributed by atoms with E-state index in [1.807, 2.05) is 17.1 Å². The molecule has 25 heavy (non-hydrogen) atoms. The lowest BCUT2D eigenvalue weighted by molar-refractivity contribution is 0.382. The molecular weight excluding hydrogens is 347 g/mol. The molecule has 0 radical (unpaired) electrons. The fraction of sp³-hybridized carbons (Fsp3) is 0.357. The first-order chi connectivity index (χ1) is 11.8. The van der Waals surface area contributed by atoms with Crippen LogP contribution in [-0.2, 0) is 0 Å². The Kier molecular flexibility index (Phi) is 4.31. The van der Waals surface area contributed by atoms with Gasteiger partial charge in [-0.15, -0.1) is 0 Å². The Labute approximate surface area is 138 Å². The lowest BCUT2D eigenvalue weighted by Gasteiger charge is -2.21. The predicted molar refractivity (Wildman–Crippen MR) is 79.8 cm³/mol. The van der Waals surface area contributed by atoms with E-state index >= 15 is 0 Å². The zero-order chi connectivity index (χ0) is 18.3. The van der Waals surface area contributed by atoms with Crippen LogP contribution in [0.1, 0.15) is 19.8 Å². The lowest BCUT2D eigenvalue weighted by Crippen LogP contribution is -2.29. The van der Waals surface area contributed by atoms with Gasteiger partial charge < -0.3 is 16.0 Å². The molecule has 0 bridgehead atoms. The second kappa shape index (κ2) is 6.30. The number of halogens is 5. The number of hydrogen-bond donors (Lipinski definition) is 2. The maximum atomic E-state index is 13.8. The van der Waals surface area contributed by atoms with Crippen LogP contribution in [0.4, 0.5) is 45.5 Å². The number of nitrogens with one attached hydrogen (secondary N) is 1. The summed E-state index contributed by atoms with van der Waals surface area (Å²) in [5.41, 5.74) is 4.30. The Morgan fingerprint density at radius 3 is 2.12 bits per heavy atom. The van der Waals surface area contributed by atoms with Gasteiger partial charge in [0.05, 0.1) is 0 Å². The summed E-state index contributed by atoms with van der Waals surface area (Å²) in [4.78, 5) is 13.4. The molecule has 0 amide bonds. The predicted octanol–water partition coefficient (Wildman–Crippen LogP) is 2.88. The summed E-state index contributed by atoms with van der Waals surface area (Å²) in [6.07, 6.45) is 1.79. The molecule has 1 aromatic carbocycles. The van der Waals surface area contributed by atoms with Crippen molar-refractivity contribution >= 4 is 23.5 Å². The smallest absolute Gasteiger partial charge is 0.233 e. The molecule has 11 heteroatoms. The molecule has 1 aliphatic rings. The van der Waals surface area contributed by atoms with Crippen molar-refractivity contribution in [2.45, 2.75) is 25.8 Å². The number of rotatable bonds is 3. The van der Waals surface area contributed by atoms with E-state index in [2.05, 4.69) is 15.0 Å². The third-order valence-electron chi connectivity index (χ3n) is 3.90. The van der Waals surface area contributed by atoms with Gasteiger partial charge in [-0.2, -0.15) is 15.0 Å². The monoisotopic (exact) mass is 360 g/mol. The van der Waals surface area contributed by atoms with Gasteiger partial charge >= 0.3 is 0 Å².